The van der Waals surface area contributed by atoms with Crippen LogP contribution in [0.2, 0.25) is 0 Å². The SMILES string of the molecule is CC12C3c4ccc([N+](=O)[O-])cc4C1c1ccc([N+](=O)[O-])cc1C2c1ccc([N+](=O)[O-])cc13. The van der Waals surface area contributed by atoms with Gasteiger partial charge in [-0.05, 0) is 33.4 Å². The van der Waals surface area contributed by atoms with Crippen LogP contribution in [-0.2, 0) is 0 Å². The van der Waals surface area contributed by atoms with E-state index in [1.54, 1.807) is 36.4 Å². The minimum Gasteiger partial charge on any atom is -0.258 e. The zero-order valence-corrected chi connectivity index (χ0v) is 16.7. The molecule has 9 heteroatoms. The first-order valence-electron chi connectivity index (χ1n) is 10.1. The third kappa shape index (κ3) is 2.02. The Morgan fingerprint density at radius 3 is 1.09 bits per heavy atom. The number of hydrogen-bond acceptors (Lipinski definition) is 6. The predicted molar refractivity (Wildman–Crippen MR) is 113 cm³/mol. The molecule has 6 rings (SSSR count). The molecule has 0 aliphatic heterocycles. The van der Waals surface area contributed by atoms with Gasteiger partial charge in [-0.15, -0.1) is 0 Å². The number of fused-ring (bicyclic) bond motifs is 9. The van der Waals surface area contributed by atoms with E-state index in [2.05, 4.69) is 6.92 Å². The Hall–Kier alpha value is -4.14. The van der Waals surface area contributed by atoms with Gasteiger partial charge < -0.3 is 0 Å². The van der Waals surface area contributed by atoms with Crippen molar-refractivity contribution in [2.75, 3.05) is 0 Å². The molecule has 3 atom stereocenters. The van der Waals surface area contributed by atoms with E-state index in [-0.39, 0.29) is 34.8 Å². The van der Waals surface area contributed by atoms with Gasteiger partial charge >= 0.3 is 0 Å². The number of nitro benzene ring substituents is 3. The highest BCUT2D eigenvalue weighted by atomic mass is 16.6. The van der Waals surface area contributed by atoms with Crippen LogP contribution in [0.5, 0.6) is 0 Å². The molecule has 0 heterocycles. The highest BCUT2D eigenvalue weighted by molar-refractivity contribution is 5.71. The maximum absolute atomic E-state index is 11.5. The average molecular weight is 429 g/mol. The summed E-state index contributed by atoms with van der Waals surface area (Å²) in [5.74, 6) is -0.598. The van der Waals surface area contributed by atoms with Gasteiger partial charge in [-0.2, -0.15) is 0 Å². The Morgan fingerprint density at radius 2 is 0.844 bits per heavy atom. The monoisotopic (exact) mass is 429 g/mol. The molecule has 0 N–H and O–H groups in total. The molecule has 0 bridgehead atoms. The van der Waals surface area contributed by atoms with Gasteiger partial charge in [0.1, 0.15) is 0 Å². The van der Waals surface area contributed by atoms with Crippen LogP contribution in [0.3, 0.4) is 0 Å². The normalized spacial score (nSPS) is 25.6. The first kappa shape index (κ1) is 18.6. The minimum atomic E-state index is -0.466. The second-order valence-electron chi connectivity index (χ2n) is 8.88. The molecule has 3 aromatic carbocycles. The average Bonchev–Trinajstić information content (AvgIpc) is 3.27. The van der Waals surface area contributed by atoms with Gasteiger partial charge in [-0.3, -0.25) is 30.3 Å². The number of hydrogen-bond donors (Lipinski definition) is 0. The molecule has 0 radical (unpaired) electrons. The van der Waals surface area contributed by atoms with Crippen LogP contribution >= 0.6 is 0 Å². The zero-order chi connectivity index (χ0) is 22.5. The number of rotatable bonds is 3. The van der Waals surface area contributed by atoms with Crippen molar-refractivity contribution in [1.29, 1.82) is 0 Å². The Bertz CT molecular complexity index is 1250. The topological polar surface area (TPSA) is 129 Å². The predicted octanol–water partition coefficient (Wildman–Crippen LogP) is 5.15. The Labute approximate surface area is 180 Å². The lowest BCUT2D eigenvalue weighted by molar-refractivity contribution is -0.385. The lowest BCUT2D eigenvalue weighted by atomic mass is 9.70. The van der Waals surface area contributed by atoms with Crippen molar-refractivity contribution in [3.63, 3.8) is 0 Å². The van der Waals surface area contributed by atoms with Crippen LogP contribution in [0.1, 0.15) is 58.1 Å². The van der Waals surface area contributed by atoms with Gasteiger partial charge in [0, 0.05) is 59.6 Å². The van der Waals surface area contributed by atoms with E-state index in [9.17, 15) is 30.3 Å². The zero-order valence-electron chi connectivity index (χ0n) is 16.7. The molecule has 0 aromatic heterocycles. The largest absolute Gasteiger partial charge is 0.269 e. The molecule has 0 fully saturated rings. The highest BCUT2D eigenvalue weighted by Crippen LogP contribution is 2.76. The second-order valence-corrected chi connectivity index (χ2v) is 8.88. The third-order valence-electron chi connectivity index (χ3n) is 7.58. The number of benzene rings is 3. The minimum absolute atomic E-state index is 0.0153. The lowest BCUT2D eigenvalue weighted by Crippen LogP contribution is -2.23. The summed E-state index contributed by atoms with van der Waals surface area (Å²) >= 11 is 0. The molecule has 9 nitrogen and oxygen atoms in total. The summed E-state index contributed by atoms with van der Waals surface area (Å²) in [6.45, 7) is 2.09. The van der Waals surface area contributed by atoms with Crippen molar-refractivity contribution in [2.24, 2.45) is 5.41 Å². The first-order valence-corrected chi connectivity index (χ1v) is 10.1. The van der Waals surface area contributed by atoms with Crippen molar-refractivity contribution in [1.82, 2.24) is 0 Å². The molecule has 3 aliphatic rings. The van der Waals surface area contributed by atoms with Crippen LogP contribution in [0.4, 0.5) is 17.1 Å². The van der Waals surface area contributed by atoms with Crippen LogP contribution in [0.25, 0.3) is 0 Å². The molecule has 3 unspecified atom stereocenters. The van der Waals surface area contributed by atoms with Gasteiger partial charge in [-0.1, -0.05) is 25.1 Å². The molecular weight excluding hydrogens is 414 g/mol. The van der Waals surface area contributed by atoms with E-state index in [0.29, 0.717) is 0 Å². The van der Waals surface area contributed by atoms with Crippen molar-refractivity contribution in [3.05, 3.63) is 118 Å². The van der Waals surface area contributed by atoms with Gasteiger partial charge in [0.15, 0.2) is 0 Å². The van der Waals surface area contributed by atoms with Gasteiger partial charge in [0.25, 0.3) is 17.1 Å². The van der Waals surface area contributed by atoms with Crippen LogP contribution in [0.15, 0.2) is 54.6 Å². The van der Waals surface area contributed by atoms with Crippen LogP contribution in [0, 0.1) is 35.8 Å². The van der Waals surface area contributed by atoms with Crippen molar-refractivity contribution in [3.8, 4) is 0 Å². The fourth-order valence-corrected chi connectivity index (χ4v) is 6.58. The fourth-order valence-electron chi connectivity index (χ4n) is 6.58. The molecule has 0 saturated heterocycles. The molecular formula is C23H15N3O6. The summed E-state index contributed by atoms with van der Waals surface area (Å²) in [4.78, 5) is 33.1. The van der Waals surface area contributed by atoms with Gasteiger partial charge in [0.05, 0.1) is 14.8 Å². The van der Waals surface area contributed by atoms with E-state index in [1.807, 2.05) is 0 Å². The van der Waals surface area contributed by atoms with Crippen molar-refractivity contribution >= 4 is 17.1 Å². The van der Waals surface area contributed by atoms with E-state index in [4.69, 9.17) is 0 Å². The number of non-ortho nitro benzene ring substituents is 3. The Balaban J connectivity index is 1.70. The third-order valence-corrected chi connectivity index (χ3v) is 7.58. The van der Waals surface area contributed by atoms with Crippen LogP contribution in [-0.4, -0.2) is 14.8 Å². The Morgan fingerprint density at radius 1 is 0.562 bits per heavy atom. The standard InChI is InChI=1S/C23H15N3O6/c1-23-20-14-5-2-11(24(27)28)8-17(14)21(23)16-7-4-13(26(31)32)10-19(16)22(23)15-6-3-12(25(29)30)9-18(15)20/h2-10,20-22H,1H3. The Kier molecular flexibility index (Phi) is 3.35. The van der Waals surface area contributed by atoms with E-state index in [1.165, 1.54) is 18.2 Å². The first-order chi connectivity index (χ1) is 15.2. The number of nitro groups is 3. The van der Waals surface area contributed by atoms with Gasteiger partial charge in [0.2, 0.25) is 0 Å². The summed E-state index contributed by atoms with van der Waals surface area (Å²) in [5, 5.41) is 34.4. The van der Waals surface area contributed by atoms with Crippen molar-refractivity contribution < 1.29 is 14.8 Å². The summed E-state index contributed by atoms with van der Waals surface area (Å²) < 4.78 is 0. The summed E-state index contributed by atoms with van der Waals surface area (Å²) in [7, 11) is 0. The maximum Gasteiger partial charge on any atom is 0.269 e. The number of nitrogens with zero attached hydrogens (tertiary/aromatic N) is 3. The molecule has 3 aliphatic carbocycles. The van der Waals surface area contributed by atoms with Crippen molar-refractivity contribution in [2.45, 2.75) is 24.7 Å². The summed E-state index contributed by atoms with van der Waals surface area (Å²) in [6, 6.07) is 14.5. The fraction of sp³-hybridized carbons (Fsp3) is 0.217. The van der Waals surface area contributed by atoms with E-state index in [0.717, 1.165) is 33.4 Å². The second kappa shape index (κ2) is 5.76. The molecule has 0 spiro atoms. The highest BCUT2D eigenvalue weighted by Gasteiger charge is 2.65. The smallest absolute Gasteiger partial charge is 0.258 e. The molecule has 3 aromatic rings. The van der Waals surface area contributed by atoms with Crippen LogP contribution < -0.4 is 0 Å². The molecule has 32 heavy (non-hydrogen) atoms. The quantitative estimate of drug-likeness (QED) is 0.418. The summed E-state index contributed by atoms with van der Waals surface area (Å²) in [6.07, 6.45) is 0. The molecule has 158 valence electrons. The van der Waals surface area contributed by atoms with E-state index < -0.39 is 20.2 Å². The van der Waals surface area contributed by atoms with Gasteiger partial charge in [-0.25, -0.2) is 0 Å². The van der Waals surface area contributed by atoms with E-state index >= 15 is 0 Å². The molecule has 0 amide bonds. The maximum atomic E-state index is 11.5. The lowest BCUT2D eigenvalue weighted by Gasteiger charge is -2.31. The summed E-state index contributed by atoms with van der Waals surface area (Å²) in [5.41, 5.74) is 4.73. The molecule has 0 saturated carbocycles.